The maximum atomic E-state index is 11.9. The van der Waals surface area contributed by atoms with E-state index < -0.39 is 11.9 Å². The number of carbonyl (C=O) groups excluding carboxylic acids is 1. The summed E-state index contributed by atoms with van der Waals surface area (Å²) in [5.41, 5.74) is 0. The molecule has 2 N–H and O–H groups in total. The summed E-state index contributed by atoms with van der Waals surface area (Å²) >= 11 is 1.84. The fourth-order valence-corrected chi connectivity index (χ4v) is 2.80. The molecule has 1 aliphatic rings. The molecule has 2 amide bonds. The number of rotatable bonds is 7. The van der Waals surface area contributed by atoms with Gasteiger partial charge in [0.05, 0.1) is 5.92 Å². The lowest BCUT2D eigenvalue weighted by Gasteiger charge is -2.16. The Morgan fingerprint density at radius 1 is 1.32 bits per heavy atom. The van der Waals surface area contributed by atoms with E-state index in [1.165, 1.54) is 6.42 Å². The minimum absolute atomic E-state index is 0.0322. The highest BCUT2D eigenvalue weighted by Crippen LogP contribution is 2.22. The lowest BCUT2D eigenvalue weighted by molar-refractivity contribution is -0.142. The summed E-state index contributed by atoms with van der Waals surface area (Å²) in [4.78, 5) is 24.5. The third-order valence-electron chi connectivity index (χ3n) is 3.52. The molecule has 6 heteroatoms. The van der Waals surface area contributed by atoms with E-state index in [-0.39, 0.29) is 11.9 Å². The summed E-state index contributed by atoms with van der Waals surface area (Å²) in [5.74, 6) is -0.0326. The zero-order valence-electron chi connectivity index (χ0n) is 11.7. The standard InChI is InChI=1S/C13H24N2O3S/c1-10-8-15(9-11(10)12(16)17)13(18)14-6-4-3-5-7-19-2/h10-11H,3-9H2,1-2H3,(H,14,18)(H,16,17)/t10-,11-/m1/s1. The van der Waals surface area contributed by atoms with Crippen molar-refractivity contribution in [2.75, 3.05) is 31.6 Å². The van der Waals surface area contributed by atoms with Crippen LogP contribution in [-0.4, -0.2) is 53.6 Å². The van der Waals surface area contributed by atoms with Gasteiger partial charge in [0, 0.05) is 19.6 Å². The Hall–Kier alpha value is -0.910. The second kappa shape index (κ2) is 8.30. The predicted molar refractivity (Wildman–Crippen MR) is 77.5 cm³/mol. The van der Waals surface area contributed by atoms with E-state index >= 15 is 0 Å². The molecule has 0 aliphatic carbocycles. The molecule has 0 spiro atoms. The van der Waals surface area contributed by atoms with Crippen molar-refractivity contribution in [2.24, 2.45) is 11.8 Å². The van der Waals surface area contributed by atoms with Crippen molar-refractivity contribution >= 4 is 23.8 Å². The fraction of sp³-hybridized carbons (Fsp3) is 0.846. The molecule has 0 aromatic heterocycles. The number of carboxylic acids is 1. The van der Waals surface area contributed by atoms with Crippen LogP contribution in [0.15, 0.2) is 0 Å². The zero-order chi connectivity index (χ0) is 14.3. The van der Waals surface area contributed by atoms with E-state index in [1.54, 1.807) is 4.90 Å². The third kappa shape index (κ3) is 5.30. The number of nitrogens with zero attached hydrogens (tertiary/aromatic N) is 1. The molecule has 0 bridgehead atoms. The number of likely N-dealkylation sites (tertiary alicyclic amines) is 1. The van der Waals surface area contributed by atoms with Gasteiger partial charge < -0.3 is 15.3 Å². The highest BCUT2D eigenvalue weighted by Gasteiger charge is 2.36. The minimum Gasteiger partial charge on any atom is -0.481 e. The topological polar surface area (TPSA) is 69.6 Å². The van der Waals surface area contributed by atoms with Gasteiger partial charge in [-0.3, -0.25) is 4.79 Å². The third-order valence-corrected chi connectivity index (χ3v) is 4.22. The number of hydrogen-bond acceptors (Lipinski definition) is 3. The quantitative estimate of drug-likeness (QED) is 0.702. The van der Waals surface area contributed by atoms with Crippen LogP contribution in [-0.2, 0) is 4.79 Å². The van der Waals surface area contributed by atoms with E-state index in [0.717, 1.165) is 18.6 Å². The first-order valence-corrected chi connectivity index (χ1v) is 8.20. The molecule has 1 heterocycles. The molecule has 2 atom stereocenters. The van der Waals surface area contributed by atoms with Gasteiger partial charge in [-0.05, 0) is 30.8 Å². The maximum absolute atomic E-state index is 11.9. The molecule has 1 aliphatic heterocycles. The Morgan fingerprint density at radius 2 is 2.05 bits per heavy atom. The van der Waals surface area contributed by atoms with E-state index in [4.69, 9.17) is 5.11 Å². The summed E-state index contributed by atoms with van der Waals surface area (Å²) in [5, 5.41) is 11.9. The summed E-state index contributed by atoms with van der Waals surface area (Å²) in [6.07, 6.45) is 5.38. The Kier molecular flexibility index (Phi) is 7.05. The Labute approximate surface area is 119 Å². The lowest BCUT2D eigenvalue weighted by atomic mass is 9.99. The Balaban J connectivity index is 2.19. The monoisotopic (exact) mass is 288 g/mol. The number of carboxylic acid groups (broad SMARTS) is 1. The number of unbranched alkanes of at least 4 members (excludes halogenated alkanes) is 2. The average molecular weight is 288 g/mol. The highest BCUT2D eigenvalue weighted by molar-refractivity contribution is 7.98. The largest absolute Gasteiger partial charge is 0.481 e. The van der Waals surface area contributed by atoms with E-state index in [9.17, 15) is 9.59 Å². The molecule has 0 unspecified atom stereocenters. The van der Waals surface area contributed by atoms with Crippen LogP contribution in [0.4, 0.5) is 4.79 Å². The van der Waals surface area contributed by atoms with Gasteiger partial charge >= 0.3 is 12.0 Å². The Bertz CT molecular complexity index is 312. The number of nitrogens with one attached hydrogen (secondary N) is 1. The molecular formula is C13H24N2O3S. The zero-order valence-corrected chi connectivity index (χ0v) is 12.5. The Morgan fingerprint density at radius 3 is 2.63 bits per heavy atom. The van der Waals surface area contributed by atoms with Crippen LogP contribution in [0.25, 0.3) is 0 Å². The van der Waals surface area contributed by atoms with Crippen molar-refractivity contribution in [3.05, 3.63) is 0 Å². The summed E-state index contributed by atoms with van der Waals surface area (Å²) in [6, 6.07) is -0.125. The molecule has 0 saturated carbocycles. The van der Waals surface area contributed by atoms with E-state index in [2.05, 4.69) is 11.6 Å². The first-order valence-electron chi connectivity index (χ1n) is 6.80. The van der Waals surface area contributed by atoms with Crippen molar-refractivity contribution in [1.29, 1.82) is 0 Å². The van der Waals surface area contributed by atoms with Crippen molar-refractivity contribution in [1.82, 2.24) is 10.2 Å². The second-order valence-corrected chi connectivity index (χ2v) is 6.10. The van der Waals surface area contributed by atoms with Crippen LogP contribution < -0.4 is 5.32 Å². The maximum Gasteiger partial charge on any atom is 0.317 e. The van der Waals surface area contributed by atoms with Crippen molar-refractivity contribution < 1.29 is 14.7 Å². The molecule has 19 heavy (non-hydrogen) atoms. The molecule has 0 aromatic carbocycles. The number of thioether (sulfide) groups is 1. The average Bonchev–Trinajstić information content (AvgIpc) is 2.75. The van der Waals surface area contributed by atoms with Gasteiger partial charge in [-0.2, -0.15) is 11.8 Å². The van der Waals surface area contributed by atoms with Crippen LogP contribution in [0.3, 0.4) is 0 Å². The fourth-order valence-electron chi connectivity index (χ4n) is 2.31. The van der Waals surface area contributed by atoms with Gasteiger partial charge in [0.1, 0.15) is 0 Å². The van der Waals surface area contributed by atoms with Gasteiger partial charge in [-0.25, -0.2) is 4.79 Å². The normalized spacial score (nSPS) is 22.5. The lowest BCUT2D eigenvalue weighted by Crippen LogP contribution is -2.39. The van der Waals surface area contributed by atoms with Crippen molar-refractivity contribution in [2.45, 2.75) is 26.2 Å². The molecule has 110 valence electrons. The van der Waals surface area contributed by atoms with Gasteiger partial charge in [0.15, 0.2) is 0 Å². The van der Waals surface area contributed by atoms with E-state index in [0.29, 0.717) is 19.6 Å². The minimum atomic E-state index is -0.806. The van der Waals surface area contributed by atoms with Crippen LogP contribution in [0, 0.1) is 11.8 Å². The molecule has 1 saturated heterocycles. The van der Waals surface area contributed by atoms with Crippen LogP contribution >= 0.6 is 11.8 Å². The molecule has 0 aromatic rings. The summed E-state index contributed by atoms with van der Waals surface area (Å²) < 4.78 is 0. The van der Waals surface area contributed by atoms with Crippen LogP contribution in [0.2, 0.25) is 0 Å². The van der Waals surface area contributed by atoms with Gasteiger partial charge in [0.25, 0.3) is 0 Å². The first kappa shape index (κ1) is 16.1. The van der Waals surface area contributed by atoms with Crippen molar-refractivity contribution in [3.8, 4) is 0 Å². The molecule has 0 radical (unpaired) electrons. The van der Waals surface area contributed by atoms with E-state index in [1.807, 2.05) is 18.7 Å². The molecule has 1 fully saturated rings. The van der Waals surface area contributed by atoms with Gasteiger partial charge in [-0.15, -0.1) is 0 Å². The van der Waals surface area contributed by atoms with Gasteiger partial charge in [-0.1, -0.05) is 13.3 Å². The molecular weight excluding hydrogens is 264 g/mol. The molecule has 5 nitrogen and oxygen atoms in total. The smallest absolute Gasteiger partial charge is 0.317 e. The van der Waals surface area contributed by atoms with Crippen LogP contribution in [0.1, 0.15) is 26.2 Å². The molecule has 1 rings (SSSR count). The number of carbonyl (C=O) groups is 2. The predicted octanol–water partition coefficient (Wildman–Crippen LogP) is 1.88. The van der Waals surface area contributed by atoms with Gasteiger partial charge in [0.2, 0.25) is 0 Å². The summed E-state index contributed by atoms with van der Waals surface area (Å²) in [7, 11) is 0. The SMILES string of the molecule is CSCCCCCNC(=O)N1C[C@@H](C)[C@H](C(=O)O)C1. The summed E-state index contributed by atoms with van der Waals surface area (Å²) in [6.45, 7) is 3.42. The first-order chi connectivity index (χ1) is 9.06. The number of aliphatic carboxylic acids is 1. The highest BCUT2D eigenvalue weighted by atomic mass is 32.2. The van der Waals surface area contributed by atoms with Crippen LogP contribution in [0.5, 0.6) is 0 Å². The van der Waals surface area contributed by atoms with Crippen molar-refractivity contribution in [3.63, 3.8) is 0 Å². The number of amides is 2. The second-order valence-electron chi connectivity index (χ2n) is 5.11. The number of hydrogen-bond donors (Lipinski definition) is 2. The number of urea groups is 1.